The Bertz CT molecular complexity index is 1170. The van der Waals surface area contributed by atoms with Gasteiger partial charge in [0.2, 0.25) is 5.91 Å². The maximum Gasteiger partial charge on any atom is 0.338 e. The predicted octanol–water partition coefficient (Wildman–Crippen LogP) is 2.98. The molecule has 2 aromatic carbocycles. The Morgan fingerprint density at radius 1 is 1.16 bits per heavy atom. The standard InChI is InChI=1S/C25H25N3O4/c1-14-7-8-15(2)18(11-14)23-22-20(13-32-24(22)30)28(25(31)27-23)12-21(29)26-19-10-9-16-5-3-4-6-17(16)19/h3-8,11,19,23H,9-10,12-13H2,1-2H3,(H,26,29)(H,27,31)/t19-,23+/m0/s1. The van der Waals surface area contributed by atoms with Gasteiger partial charge >= 0.3 is 12.0 Å². The van der Waals surface area contributed by atoms with E-state index < -0.39 is 18.0 Å². The largest absolute Gasteiger partial charge is 0.456 e. The van der Waals surface area contributed by atoms with Crippen molar-refractivity contribution in [2.75, 3.05) is 13.2 Å². The van der Waals surface area contributed by atoms with Crippen LogP contribution in [-0.4, -0.2) is 36.0 Å². The van der Waals surface area contributed by atoms with E-state index in [0.717, 1.165) is 35.1 Å². The van der Waals surface area contributed by atoms with Crippen molar-refractivity contribution in [3.8, 4) is 0 Å². The maximum absolute atomic E-state index is 13.0. The van der Waals surface area contributed by atoms with E-state index in [-0.39, 0.29) is 25.1 Å². The summed E-state index contributed by atoms with van der Waals surface area (Å²) in [4.78, 5) is 39.8. The van der Waals surface area contributed by atoms with Gasteiger partial charge in [-0.05, 0) is 48.9 Å². The molecule has 32 heavy (non-hydrogen) atoms. The molecule has 0 radical (unpaired) electrons. The number of amides is 3. The van der Waals surface area contributed by atoms with Crippen molar-refractivity contribution in [1.82, 2.24) is 15.5 Å². The summed E-state index contributed by atoms with van der Waals surface area (Å²) in [6, 6.07) is 12.9. The summed E-state index contributed by atoms with van der Waals surface area (Å²) in [6.45, 7) is 3.73. The van der Waals surface area contributed by atoms with Crippen molar-refractivity contribution in [1.29, 1.82) is 0 Å². The molecule has 0 saturated heterocycles. The lowest BCUT2D eigenvalue weighted by atomic mass is 9.91. The molecule has 0 spiro atoms. The van der Waals surface area contributed by atoms with Gasteiger partial charge in [-0.15, -0.1) is 0 Å². The second-order valence-electron chi connectivity index (χ2n) is 8.62. The van der Waals surface area contributed by atoms with Crippen molar-refractivity contribution >= 4 is 17.9 Å². The predicted molar refractivity (Wildman–Crippen MR) is 118 cm³/mol. The van der Waals surface area contributed by atoms with Crippen LogP contribution in [0.5, 0.6) is 0 Å². The second-order valence-corrected chi connectivity index (χ2v) is 8.62. The average Bonchev–Trinajstić information content (AvgIpc) is 3.36. The minimum Gasteiger partial charge on any atom is -0.456 e. The van der Waals surface area contributed by atoms with Gasteiger partial charge in [-0.2, -0.15) is 0 Å². The van der Waals surface area contributed by atoms with Crippen LogP contribution < -0.4 is 10.6 Å². The van der Waals surface area contributed by atoms with Crippen molar-refractivity contribution < 1.29 is 19.1 Å². The van der Waals surface area contributed by atoms with E-state index in [2.05, 4.69) is 16.7 Å². The van der Waals surface area contributed by atoms with E-state index in [1.54, 1.807) is 0 Å². The van der Waals surface area contributed by atoms with Crippen molar-refractivity contribution in [3.05, 3.63) is 81.6 Å². The number of carbonyl (C=O) groups excluding carboxylic acids is 3. The summed E-state index contributed by atoms with van der Waals surface area (Å²) >= 11 is 0. The van der Waals surface area contributed by atoms with E-state index in [9.17, 15) is 14.4 Å². The van der Waals surface area contributed by atoms with Crippen molar-refractivity contribution in [3.63, 3.8) is 0 Å². The fourth-order valence-electron chi connectivity index (χ4n) is 4.87. The Kier molecular flexibility index (Phi) is 4.96. The number of ether oxygens (including phenoxy) is 1. The first-order chi connectivity index (χ1) is 15.4. The Morgan fingerprint density at radius 2 is 1.97 bits per heavy atom. The number of hydrogen-bond donors (Lipinski definition) is 2. The van der Waals surface area contributed by atoms with E-state index in [0.29, 0.717) is 11.3 Å². The van der Waals surface area contributed by atoms with Gasteiger partial charge in [0, 0.05) is 0 Å². The van der Waals surface area contributed by atoms with E-state index in [4.69, 9.17) is 4.74 Å². The Morgan fingerprint density at radius 3 is 2.81 bits per heavy atom. The quantitative estimate of drug-likeness (QED) is 0.729. The second kappa shape index (κ2) is 7.82. The van der Waals surface area contributed by atoms with Crippen LogP contribution >= 0.6 is 0 Å². The molecule has 2 aromatic rings. The van der Waals surface area contributed by atoms with Crippen LogP contribution in [0.3, 0.4) is 0 Å². The number of rotatable bonds is 4. The Hall–Kier alpha value is -3.61. The molecule has 0 aromatic heterocycles. The molecule has 2 N–H and O–H groups in total. The van der Waals surface area contributed by atoms with Gasteiger partial charge in [-0.1, -0.05) is 48.0 Å². The summed E-state index contributed by atoms with van der Waals surface area (Å²) in [5.41, 5.74) is 6.09. The molecule has 0 saturated carbocycles. The highest BCUT2D eigenvalue weighted by Crippen LogP contribution is 2.36. The number of esters is 1. The SMILES string of the molecule is Cc1ccc(C)c([C@H]2NC(=O)N(CC(=O)N[C@H]3CCc4ccccc43)C3=C2C(=O)OC3)c1. The van der Waals surface area contributed by atoms with Crippen molar-refractivity contribution in [2.45, 2.75) is 38.8 Å². The normalized spacial score (nSPS) is 21.8. The topological polar surface area (TPSA) is 87.7 Å². The summed E-state index contributed by atoms with van der Waals surface area (Å²) < 4.78 is 5.28. The van der Waals surface area contributed by atoms with Gasteiger partial charge in [0.05, 0.1) is 23.4 Å². The highest BCUT2D eigenvalue weighted by atomic mass is 16.5. The van der Waals surface area contributed by atoms with E-state index in [1.165, 1.54) is 10.5 Å². The lowest BCUT2D eigenvalue weighted by Crippen LogP contribution is -2.50. The average molecular weight is 431 g/mol. The Labute approximate surface area is 186 Å². The van der Waals surface area contributed by atoms with Crippen LogP contribution in [0.2, 0.25) is 0 Å². The van der Waals surface area contributed by atoms with E-state index in [1.807, 2.05) is 50.2 Å². The minimum absolute atomic E-state index is 0.0114. The molecule has 2 aliphatic heterocycles. The summed E-state index contributed by atoms with van der Waals surface area (Å²) in [5, 5.41) is 5.96. The zero-order valence-electron chi connectivity index (χ0n) is 18.1. The third kappa shape index (κ3) is 3.43. The lowest BCUT2D eigenvalue weighted by Gasteiger charge is -2.33. The first-order valence-corrected chi connectivity index (χ1v) is 10.8. The first kappa shape index (κ1) is 20.3. The van der Waals surface area contributed by atoms with Gasteiger partial charge in [0.1, 0.15) is 13.2 Å². The van der Waals surface area contributed by atoms with Crippen LogP contribution in [0.15, 0.2) is 53.7 Å². The number of benzene rings is 2. The molecule has 3 aliphatic rings. The summed E-state index contributed by atoms with van der Waals surface area (Å²) in [5.74, 6) is -0.723. The maximum atomic E-state index is 13.0. The molecule has 1 aliphatic carbocycles. The molecule has 0 fully saturated rings. The fraction of sp³-hybridized carbons (Fsp3) is 0.320. The summed E-state index contributed by atoms with van der Waals surface area (Å²) in [7, 11) is 0. The van der Waals surface area contributed by atoms with Crippen LogP contribution in [0, 0.1) is 13.8 Å². The molecular formula is C25H25N3O4. The third-order valence-corrected chi connectivity index (χ3v) is 6.51. The highest BCUT2D eigenvalue weighted by molar-refractivity contribution is 5.98. The number of cyclic esters (lactones) is 1. The molecule has 7 heteroatoms. The monoisotopic (exact) mass is 431 g/mol. The van der Waals surface area contributed by atoms with Gasteiger partial charge in [0.15, 0.2) is 0 Å². The van der Waals surface area contributed by atoms with Gasteiger partial charge in [-0.25, -0.2) is 9.59 Å². The molecule has 5 rings (SSSR count). The number of hydrogen-bond acceptors (Lipinski definition) is 4. The number of aryl methyl sites for hydroxylation is 3. The first-order valence-electron chi connectivity index (χ1n) is 10.8. The minimum atomic E-state index is -0.589. The summed E-state index contributed by atoms with van der Waals surface area (Å²) in [6.07, 6.45) is 1.75. The van der Waals surface area contributed by atoms with Crippen LogP contribution in [0.1, 0.15) is 46.3 Å². The van der Waals surface area contributed by atoms with Crippen molar-refractivity contribution in [2.24, 2.45) is 0 Å². The molecule has 164 valence electrons. The smallest absolute Gasteiger partial charge is 0.338 e. The molecular weight excluding hydrogens is 406 g/mol. The molecule has 7 nitrogen and oxygen atoms in total. The molecule has 3 amide bonds. The fourth-order valence-corrected chi connectivity index (χ4v) is 4.87. The third-order valence-electron chi connectivity index (χ3n) is 6.51. The number of carbonyl (C=O) groups is 3. The van der Waals surface area contributed by atoms with Gasteiger partial charge in [0.25, 0.3) is 0 Å². The van der Waals surface area contributed by atoms with Crippen LogP contribution in [-0.2, 0) is 20.7 Å². The molecule has 0 unspecified atom stereocenters. The Balaban J connectivity index is 1.39. The zero-order valence-corrected chi connectivity index (χ0v) is 18.1. The van der Waals surface area contributed by atoms with Gasteiger partial charge in [-0.3, -0.25) is 9.69 Å². The molecule has 2 heterocycles. The highest BCUT2D eigenvalue weighted by Gasteiger charge is 2.43. The molecule has 2 atom stereocenters. The van der Waals surface area contributed by atoms with E-state index >= 15 is 0 Å². The number of nitrogens with one attached hydrogen (secondary N) is 2. The van der Waals surface area contributed by atoms with Crippen LogP contribution in [0.4, 0.5) is 4.79 Å². The van der Waals surface area contributed by atoms with Gasteiger partial charge < -0.3 is 15.4 Å². The number of fused-ring (bicyclic) bond motifs is 1. The number of nitrogens with zero attached hydrogens (tertiary/aromatic N) is 1. The zero-order chi connectivity index (χ0) is 22.4. The van der Waals surface area contributed by atoms with Crippen LogP contribution in [0.25, 0.3) is 0 Å². The molecule has 0 bridgehead atoms. The lowest BCUT2D eigenvalue weighted by molar-refractivity contribution is -0.136. The number of urea groups is 1.